The first kappa shape index (κ1) is 10.9. The fourth-order valence-corrected chi connectivity index (χ4v) is 1.64. The maximum absolute atomic E-state index is 5.70. The number of aromatic amines is 1. The summed E-state index contributed by atoms with van der Waals surface area (Å²) in [4.78, 5) is 3.25. The average Bonchev–Trinajstić information content (AvgIpc) is 2.74. The number of hydrogen-bond acceptors (Lipinski definition) is 1. The number of nitrogens with one attached hydrogen (secondary N) is 1. The van der Waals surface area contributed by atoms with Gasteiger partial charge in [0.2, 0.25) is 11.1 Å². The zero-order chi connectivity index (χ0) is 10.1. The van der Waals surface area contributed by atoms with Crippen LogP contribution >= 0.6 is 0 Å². The van der Waals surface area contributed by atoms with Crippen LogP contribution in [0.15, 0.2) is 59.0 Å². The predicted octanol–water partition coefficient (Wildman–Crippen LogP) is -0.0821. The van der Waals surface area contributed by atoms with Gasteiger partial charge in [0, 0.05) is 6.07 Å². The normalized spacial score (nSPS) is 10.0. The first-order chi connectivity index (χ1) is 7.43. The van der Waals surface area contributed by atoms with Crippen LogP contribution in [0.3, 0.4) is 0 Å². The molecule has 2 nitrogen and oxygen atoms in total. The SMILES string of the molecule is [Br-].c1ccc(-c2[nH+]c3ccccc3o2)cc1. The Bertz CT molecular complexity index is 556. The number of fused-ring (bicyclic) bond motifs is 1. The van der Waals surface area contributed by atoms with Gasteiger partial charge in [-0.3, -0.25) is 0 Å². The number of hydrogen-bond donors (Lipinski definition) is 0. The average molecular weight is 276 g/mol. The van der Waals surface area contributed by atoms with Crippen molar-refractivity contribution >= 4 is 11.1 Å². The van der Waals surface area contributed by atoms with Crippen molar-refractivity contribution in [3.05, 3.63) is 54.6 Å². The van der Waals surface area contributed by atoms with Crippen LogP contribution in [0, 0.1) is 0 Å². The van der Waals surface area contributed by atoms with Gasteiger partial charge < -0.3 is 21.4 Å². The van der Waals surface area contributed by atoms with Crippen LogP contribution in [0.2, 0.25) is 0 Å². The molecule has 0 radical (unpaired) electrons. The number of oxazole rings is 1. The Morgan fingerprint density at radius 1 is 0.812 bits per heavy atom. The molecule has 0 atom stereocenters. The van der Waals surface area contributed by atoms with Gasteiger partial charge >= 0.3 is 5.89 Å². The summed E-state index contributed by atoms with van der Waals surface area (Å²) in [5.74, 6) is 0.803. The highest BCUT2D eigenvalue weighted by Gasteiger charge is 2.13. The van der Waals surface area contributed by atoms with Crippen molar-refractivity contribution in [3.8, 4) is 11.5 Å². The third-order valence-corrected chi connectivity index (χ3v) is 2.38. The van der Waals surface area contributed by atoms with Crippen molar-refractivity contribution in [3.63, 3.8) is 0 Å². The minimum absolute atomic E-state index is 0. The Morgan fingerprint density at radius 2 is 1.50 bits per heavy atom. The Morgan fingerprint density at radius 3 is 2.25 bits per heavy atom. The summed E-state index contributed by atoms with van der Waals surface area (Å²) in [5.41, 5.74) is 2.97. The molecule has 0 aliphatic carbocycles. The summed E-state index contributed by atoms with van der Waals surface area (Å²) < 4.78 is 5.70. The first-order valence-corrected chi connectivity index (χ1v) is 4.90. The van der Waals surface area contributed by atoms with Crippen molar-refractivity contribution < 1.29 is 26.4 Å². The van der Waals surface area contributed by atoms with Gasteiger partial charge in [0.05, 0.1) is 5.56 Å². The van der Waals surface area contributed by atoms with Crippen molar-refractivity contribution in [1.29, 1.82) is 0 Å². The van der Waals surface area contributed by atoms with Crippen LogP contribution in [0.1, 0.15) is 0 Å². The predicted molar refractivity (Wildman–Crippen MR) is 58.2 cm³/mol. The van der Waals surface area contributed by atoms with Gasteiger partial charge in [0.1, 0.15) is 0 Å². The van der Waals surface area contributed by atoms with Crippen LogP contribution in [0.5, 0.6) is 0 Å². The molecule has 3 rings (SSSR count). The van der Waals surface area contributed by atoms with E-state index >= 15 is 0 Å². The molecule has 0 spiro atoms. The fourth-order valence-electron chi connectivity index (χ4n) is 1.64. The quantitative estimate of drug-likeness (QED) is 0.611. The van der Waals surface area contributed by atoms with E-state index in [-0.39, 0.29) is 17.0 Å². The molecule has 0 fully saturated rings. The summed E-state index contributed by atoms with van der Waals surface area (Å²) in [6, 6.07) is 17.9. The Labute approximate surface area is 104 Å². The van der Waals surface area contributed by atoms with Crippen molar-refractivity contribution in [2.24, 2.45) is 0 Å². The zero-order valence-corrected chi connectivity index (χ0v) is 10.1. The number of aromatic nitrogens is 1. The maximum atomic E-state index is 5.70. The summed E-state index contributed by atoms with van der Waals surface area (Å²) in [6.07, 6.45) is 0. The van der Waals surface area contributed by atoms with E-state index in [2.05, 4.69) is 4.98 Å². The van der Waals surface area contributed by atoms with Crippen molar-refractivity contribution in [1.82, 2.24) is 0 Å². The third-order valence-electron chi connectivity index (χ3n) is 2.38. The molecule has 1 N–H and O–H groups in total. The summed E-state index contributed by atoms with van der Waals surface area (Å²) in [5, 5.41) is 0. The molecule has 1 heterocycles. The summed E-state index contributed by atoms with van der Waals surface area (Å²) >= 11 is 0. The number of benzene rings is 2. The molecule has 16 heavy (non-hydrogen) atoms. The van der Waals surface area contributed by atoms with E-state index in [4.69, 9.17) is 4.42 Å². The van der Waals surface area contributed by atoms with E-state index in [1.807, 2.05) is 54.6 Å². The molecule has 1 aromatic heterocycles. The van der Waals surface area contributed by atoms with E-state index in [9.17, 15) is 0 Å². The van der Waals surface area contributed by atoms with E-state index < -0.39 is 0 Å². The molecule has 0 saturated heterocycles. The Kier molecular flexibility index (Phi) is 3.06. The van der Waals surface area contributed by atoms with Crippen LogP contribution in [0.4, 0.5) is 0 Å². The van der Waals surface area contributed by atoms with Crippen LogP contribution in [0.25, 0.3) is 22.6 Å². The second kappa shape index (κ2) is 4.49. The van der Waals surface area contributed by atoms with E-state index in [1.165, 1.54) is 0 Å². The summed E-state index contributed by atoms with van der Waals surface area (Å²) in [7, 11) is 0. The van der Waals surface area contributed by atoms with Gasteiger partial charge in [-0.25, -0.2) is 0 Å². The molecule has 80 valence electrons. The molecular formula is C13H10BrNO. The van der Waals surface area contributed by atoms with Gasteiger partial charge in [-0.15, -0.1) is 0 Å². The molecule has 0 unspecified atom stereocenters. The van der Waals surface area contributed by atoms with Gasteiger partial charge in [0.25, 0.3) is 0 Å². The minimum Gasteiger partial charge on any atom is -1.00 e. The number of H-pyrrole nitrogens is 1. The van der Waals surface area contributed by atoms with Crippen molar-refractivity contribution in [2.75, 3.05) is 0 Å². The van der Waals surface area contributed by atoms with Crippen LogP contribution in [-0.4, -0.2) is 0 Å². The van der Waals surface area contributed by atoms with Gasteiger partial charge in [-0.05, 0) is 18.2 Å². The highest BCUT2D eigenvalue weighted by molar-refractivity contribution is 5.70. The van der Waals surface area contributed by atoms with Gasteiger partial charge in [-0.1, -0.05) is 30.3 Å². The highest BCUT2D eigenvalue weighted by Crippen LogP contribution is 2.19. The lowest BCUT2D eigenvalue weighted by Gasteiger charge is -1.86. The second-order valence-corrected chi connectivity index (χ2v) is 3.42. The second-order valence-electron chi connectivity index (χ2n) is 3.42. The van der Waals surface area contributed by atoms with Gasteiger partial charge in [-0.2, -0.15) is 4.98 Å². The molecule has 3 aromatic rings. The third kappa shape index (κ3) is 1.86. The van der Waals surface area contributed by atoms with Gasteiger partial charge in [0.15, 0.2) is 0 Å². The lowest BCUT2D eigenvalue weighted by molar-refractivity contribution is -0.338. The van der Waals surface area contributed by atoms with Crippen molar-refractivity contribution in [2.45, 2.75) is 0 Å². The largest absolute Gasteiger partial charge is 1.00 e. The monoisotopic (exact) mass is 275 g/mol. The number of para-hydroxylation sites is 2. The van der Waals surface area contributed by atoms with Crippen LogP contribution < -0.4 is 22.0 Å². The van der Waals surface area contributed by atoms with E-state index in [0.29, 0.717) is 0 Å². The first-order valence-electron chi connectivity index (χ1n) is 4.90. The molecule has 0 aliphatic heterocycles. The fraction of sp³-hybridized carbons (Fsp3) is 0. The molecule has 3 heteroatoms. The zero-order valence-electron chi connectivity index (χ0n) is 8.48. The lowest BCUT2D eigenvalue weighted by Crippen LogP contribution is -3.00. The molecule has 2 aromatic carbocycles. The molecular weight excluding hydrogens is 266 g/mol. The Hall–Kier alpha value is -1.61. The smallest absolute Gasteiger partial charge is 0.379 e. The molecule has 0 amide bonds. The van der Waals surface area contributed by atoms with E-state index in [1.54, 1.807) is 0 Å². The maximum Gasteiger partial charge on any atom is 0.379 e. The standard InChI is InChI=1S/C13H9NO.BrH/c1-2-6-10(7-3-1)13-14-11-8-4-5-9-12(11)15-13;/h1-9H;1H. The molecule has 0 saturated carbocycles. The molecule has 0 bridgehead atoms. The minimum atomic E-state index is 0. The topological polar surface area (TPSA) is 27.3 Å². The number of rotatable bonds is 1. The molecule has 0 aliphatic rings. The summed E-state index contributed by atoms with van der Waals surface area (Å²) in [6.45, 7) is 0. The lowest BCUT2D eigenvalue weighted by atomic mass is 10.2. The number of halogens is 1. The van der Waals surface area contributed by atoms with Crippen LogP contribution in [-0.2, 0) is 0 Å². The van der Waals surface area contributed by atoms with E-state index in [0.717, 1.165) is 22.6 Å². The Balaban J connectivity index is 0.000000963. The highest BCUT2D eigenvalue weighted by atomic mass is 79.9.